The smallest absolute Gasteiger partial charge is 0.124 e. The van der Waals surface area contributed by atoms with Crippen LogP contribution in [-0.4, -0.2) is 44.1 Å². The third kappa shape index (κ3) is 2.54. The molecule has 0 bridgehead atoms. The maximum absolute atomic E-state index is 5.84. The maximum atomic E-state index is 5.84. The molecule has 0 N–H and O–H groups in total. The molecule has 0 aromatic heterocycles. The Labute approximate surface area is 97.6 Å². The van der Waals surface area contributed by atoms with Crippen LogP contribution in [0.15, 0.2) is 18.2 Å². The molecule has 0 saturated carbocycles. The van der Waals surface area contributed by atoms with Crippen LogP contribution in [-0.2, 0) is 13.1 Å². The fraction of sp³-hybridized carbons (Fsp3) is 0.538. The van der Waals surface area contributed by atoms with E-state index in [1.807, 2.05) is 0 Å². The van der Waals surface area contributed by atoms with Crippen LogP contribution in [0.25, 0.3) is 0 Å². The lowest BCUT2D eigenvalue weighted by Gasteiger charge is -2.13. The summed E-state index contributed by atoms with van der Waals surface area (Å²) in [6.07, 6.45) is 0. The minimum absolute atomic E-state index is 0.757. The normalized spacial score (nSPS) is 15.5. The van der Waals surface area contributed by atoms with Gasteiger partial charge in [0, 0.05) is 25.2 Å². The third-order valence-corrected chi connectivity index (χ3v) is 2.89. The summed E-state index contributed by atoms with van der Waals surface area (Å²) < 4.78 is 5.84. The predicted octanol–water partition coefficient (Wildman–Crippen LogP) is 1.57. The zero-order chi connectivity index (χ0) is 11.5. The van der Waals surface area contributed by atoms with E-state index in [2.05, 4.69) is 49.1 Å². The third-order valence-electron chi connectivity index (χ3n) is 2.89. The van der Waals surface area contributed by atoms with Crippen molar-refractivity contribution >= 4 is 0 Å². The lowest BCUT2D eigenvalue weighted by molar-refractivity contribution is 0.257. The molecule has 0 spiro atoms. The first kappa shape index (κ1) is 11.4. The number of hydrogen-bond donors (Lipinski definition) is 0. The van der Waals surface area contributed by atoms with Crippen molar-refractivity contribution in [2.75, 3.05) is 34.3 Å². The van der Waals surface area contributed by atoms with Crippen LogP contribution >= 0.6 is 0 Å². The molecule has 3 heteroatoms. The van der Waals surface area contributed by atoms with E-state index in [0.717, 1.165) is 32.0 Å². The van der Waals surface area contributed by atoms with Crippen LogP contribution in [0, 0.1) is 0 Å². The quantitative estimate of drug-likeness (QED) is 0.766. The van der Waals surface area contributed by atoms with Crippen LogP contribution in [0.5, 0.6) is 5.75 Å². The molecule has 1 aliphatic heterocycles. The Balaban J connectivity index is 2.03. The highest BCUT2D eigenvalue weighted by Gasteiger charge is 2.18. The maximum Gasteiger partial charge on any atom is 0.124 e. The van der Waals surface area contributed by atoms with Gasteiger partial charge in [0.2, 0.25) is 0 Å². The van der Waals surface area contributed by atoms with Gasteiger partial charge in [0.15, 0.2) is 0 Å². The van der Waals surface area contributed by atoms with Crippen LogP contribution in [0.1, 0.15) is 11.1 Å². The largest absolute Gasteiger partial charge is 0.492 e. The van der Waals surface area contributed by atoms with Crippen molar-refractivity contribution in [3.63, 3.8) is 0 Å². The van der Waals surface area contributed by atoms with E-state index in [4.69, 9.17) is 4.74 Å². The molecule has 0 aliphatic carbocycles. The van der Waals surface area contributed by atoms with Gasteiger partial charge in [-0.05, 0) is 32.8 Å². The Morgan fingerprint density at radius 2 is 2.12 bits per heavy atom. The number of likely N-dealkylation sites (N-methyl/N-ethyl adjacent to an activating group) is 1. The number of ether oxygens (including phenoxy) is 1. The van der Waals surface area contributed by atoms with Gasteiger partial charge in [-0.25, -0.2) is 0 Å². The summed E-state index contributed by atoms with van der Waals surface area (Å²) in [4.78, 5) is 4.44. The van der Waals surface area contributed by atoms with Gasteiger partial charge in [0.1, 0.15) is 12.4 Å². The Bertz CT molecular complexity index is 363. The first-order valence-electron chi connectivity index (χ1n) is 5.73. The van der Waals surface area contributed by atoms with Crippen LogP contribution < -0.4 is 4.74 Å². The summed E-state index contributed by atoms with van der Waals surface area (Å²) >= 11 is 0. The van der Waals surface area contributed by atoms with Crippen molar-refractivity contribution in [3.05, 3.63) is 29.3 Å². The van der Waals surface area contributed by atoms with E-state index >= 15 is 0 Å². The lowest BCUT2D eigenvalue weighted by atomic mass is 10.1. The van der Waals surface area contributed by atoms with E-state index in [-0.39, 0.29) is 0 Å². The van der Waals surface area contributed by atoms with Gasteiger partial charge in [0.25, 0.3) is 0 Å². The molecule has 1 aliphatic rings. The highest BCUT2D eigenvalue weighted by atomic mass is 16.5. The Morgan fingerprint density at radius 3 is 2.88 bits per heavy atom. The molecule has 2 rings (SSSR count). The minimum Gasteiger partial charge on any atom is -0.492 e. The van der Waals surface area contributed by atoms with Gasteiger partial charge in [-0.1, -0.05) is 12.1 Å². The molecule has 1 aromatic carbocycles. The predicted molar refractivity (Wildman–Crippen MR) is 65.7 cm³/mol. The monoisotopic (exact) mass is 220 g/mol. The van der Waals surface area contributed by atoms with Gasteiger partial charge in [-0.2, -0.15) is 0 Å². The summed E-state index contributed by atoms with van der Waals surface area (Å²) in [6.45, 7) is 3.76. The number of benzene rings is 1. The standard InChI is InChI=1S/C13H20N2O/c1-14(2)7-8-16-13-6-4-5-11-9-15(3)10-12(11)13/h4-6H,7-10H2,1-3H3. The molecule has 1 aromatic rings. The van der Waals surface area contributed by atoms with Gasteiger partial charge in [-0.15, -0.1) is 0 Å². The molecule has 0 unspecified atom stereocenters. The van der Waals surface area contributed by atoms with E-state index in [1.165, 1.54) is 11.1 Å². The second-order valence-corrected chi connectivity index (χ2v) is 4.72. The van der Waals surface area contributed by atoms with Gasteiger partial charge < -0.3 is 9.64 Å². The fourth-order valence-corrected chi connectivity index (χ4v) is 2.03. The molecule has 1 heterocycles. The van der Waals surface area contributed by atoms with Crippen molar-refractivity contribution in [2.45, 2.75) is 13.1 Å². The second kappa shape index (κ2) is 4.85. The molecule has 0 radical (unpaired) electrons. The van der Waals surface area contributed by atoms with E-state index in [0.29, 0.717) is 0 Å². The highest BCUT2D eigenvalue weighted by Crippen LogP contribution is 2.29. The second-order valence-electron chi connectivity index (χ2n) is 4.72. The summed E-state index contributed by atoms with van der Waals surface area (Å²) in [5, 5.41) is 0. The van der Waals surface area contributed by atoms with Gasteiger partial charge >= 0.3 is 0 Å². The van der Waals surface area contributed by atoms with E-state index in [1.54, 1.807) is 0 Å². The molecule has 0 atom stereocenters. The van der Waals surface area contributed by atoms with Crippen LogP contribution in [0.4, 0.5) is 0 Å². The molecule has 88 valence electrons. The number of rotatable bonds is 4. The number of fused-ring (bicyclic) bond motifs is 1. The molecular weight excluding hydrogens is 200 g/mol. The molecule has 0 saturated heterocycles. The topological polar surface area (TPSA) is 15.7 Å². The average molecular weight is 220 g/mol. The van der Waals surface area contributed by atoms with Crippen molar-refractivity contribution in [1.82, 2.24) is 9.80 Å². The number of hydrogen-bond acceptors (Lipinski definition) is 3. The van der Waals surface area contributed by atoms with Crippen LogP contribution in [0.2, 0.25) is 0 Å². The lowest BCUT2D eigenvalue weighted by Crippen LogP contribution is -2.19. The minimum atomic E-state index is 0.757. The fourth-order valence-electron chi connectivity index (χ4n) is 2.03. The average Bonchev–Trinajstić information content (AvgIpc) is 2.58. The van der Waals surface area contributed by atoms with Crippen molar-refractivity contribution in [1.29, 1.82) is 0 Å². The van der Waals surface area contributed by atoms with Crippen molar-refractivity contribution in [2.24, 2.45) is 0 Å². The molecule has 16 heavy (non-hydrogen) atoms. The molecule has 0 amide bonds. The molecule has 3 nitrogen and oxygen atoms in total. The van der Waals surface area contributed by atoms with Crippen molar-refractivity contribution in [3.8, 4) is 5.75 Å². The van der Waals surface area contributed by atoms with Crippen molar-refractivity contribution < 1.29 is 4.74 Å². The Kier molecular flexibility index (Phi) is 3.46. The Hall–Kier alpha value is -1.06. The van der Waals surface area contributed by atoms with E-state index in [9.17, 15) is 0 Å². The summed E-state index contributed by atoms with van der Waals surface area (Å²) in [5.74, 6) is 1.06. The number of nitrogens with zero attached hydrogens (tertiary/aromatic N) is 2. The first-order chi connectivity index (χ1) is 7.66. The first-order valence-corrected chi connectivity index (χ1v) is 5.73. The summed E-state index contributed by atoms with van der Waals surface area (Å²) in [5.41, 5.74) is 2.77. The van der Waals surface area contributed by atoms with Gasteiger partial charge in [0.05, 0.1) is 0 Å². The zero-order valence-electron chi connectivity index (χ0n) is 10.4. The van der Waals surface area contributed by atoms with Crippen LogP contribution in [0.3, 0.4) is 0 Å². The molecule has 0 fully saturated rings. The summed E-state index contributed by atoms with van der Waals surface area (Å²) in [7, 11) is 6.27. The Morgan fingerprint density at radius 1 is 1.31 bits per heavy atom. The van der Waals surface area contributed by atoms with E-state index < -0.39 is 0 Å². The SMILES string of the molecule is CN(C)CCOc1cccc2c1CN(C)C2. The van der Waals surface area contributed by atoms with Gasteiger partial charge in [-0.3, -0.25) is 4.90 Å². The summed E-state index contributed by atoms with van der Waals surface area (Å²) in [6, 6.07) is 6.36. The highest BCUT2D eigenvalue weighted by molar-refractivity contribution is 5.42. The zero-order valence-corrected chi connectivity index (χ0v) is 10.4. The molecular formula is C13H20N2O.